The fraction of sp³-hybridized carbons (Fsp3) is 0.294. The number of benzene rings is 1. The maximum absolute atomic E-state index is 12.6. The van der Waals surface area contributed by atoms with Crippen LogP contribution >= 0.6 is 0 Å². The first-order chi connectivity index (χ1) is 12.0. The van der Waals surface area contributed by atoms with Gasteiger partial charge in [0.15, 0.2) is 16.4 Å². The van der Waals surface area contributed by atoms with E-state index in [0.717, 1.165) is 0 Å². The van der Waals surface area contributed by atoms with Crippen LogP contribution in [0.1, 0.15) is 17.0 Å². The number of hydrogen-bond donors (Lipinski definition) is 0. The summed E-state index contributed by atoms with van der Waals surface area (Å²) in [6.45, 7) is -0.495. The molecule has 0 bridgehead atoms. The lowest BCUT2D eigenvalue weighted by Gasteiger charge is -2.28. The highest BCUT2D eigenvalue weighted by Gasteiger charge is 2.35. The number of anilines is 1. The smallest absolute Gasteiger partial charge is 0.374 e. The van der Waals surface area contributed by atoms with Crippen LogP contribution < -0.4 is 4.90 Å². The normalized spacial score (nSPS) is 18.6. The van der Waals surface area contributed by atoms with Crippen molar-refractivity contribution in [3.8, 4) is 0 Å². The summed E-state index contributed by atoms with van der Waals surface area (Å²) in [6.07, 6.45) is 1.69. The van der Waals surface area contributed by atoms with Gasteiger partial charge in [-0.05, 0) is 30.7 Å². The summed E-state index contributed by atoms with van der Waals surface area (Å²) in [6, 6.07) is 11.3. The second-order valence-electron chi connectivity index (χ2n) is 5.71. The van der Waals surface area contributed by atoms with Gasteiger partial charge in [0.2, 0.25) is 5.76 Å². The van der Waals surface area contributed by atoms with Gasteiger partial charge >= 0.3 is 5.97 Å². The molecule has 25 heavy (non-hydrogen) atoms. The van der Waals surface area contributed by atoms with Crippen molar-refractivity contribution < 1.29 is 27.2 Å². The van der Waals surface area contributed by atoms with E-state index in [4.69, 9.17) is 9.15 Å². The maximum Gasteiger partial charge on any atom is 0.374 e. The third-order valence-corrected chi connectivity index (χ3v) is 5.68. The molecule has 1 atom stereocenters. The van der Waals surface area contributed by atoms with Crippen molar-refractivity contribution in [2.75, 3.05) is 23.0 Å². The van der Waals surface area contributed by atoms with Crippen molar-refractivity contribution in [1.29, 1.82) is 0 Å². The van der Waals surface area contributed by atoms with Crippen molar-refractivity contribution in [3.05, 3.63) is 54.5 Å². The lowest BCUT2D eigenvalue weighted by molar-refractivity contribution is -0.122. The third kappa shape index (κ3) is 4.08. The minimum atomic E-state index is -3.17. The molecular formula is C17H17NO6S. The number of para-hydroxylation sites is 1. The Kier molecular flexibility index (Phi) is 4.89. The minimum Gasteiger partial charge on any atom is -0.457 e. The Balaban J connectivity index is 1.75. The van der Waals surface area contributed by atoms with E-state index in [1.165, 1.54) is 23.3 Å². The zero-order valence-corrected chi connectivity index (χ0v) is 14.1. The highest BCUT2D eigenvalue weighted by Crippen LogP contribution is 2.24. The average Bonchev–Trinajstić information content (AvgIpc) is 3.24. The molecule has 1 amide bonds. The monoisotopic (exact) mass is 363 g/mol. The topological polar surface area (TPSA) is 93.9 Å². The molecule has 1 aliphatic rings. The van der Waals surface area contributed by atoms with Crippen LogP contribution in [0.15, 0.2) is 53.1 Å². The zero-order chi connectivity index (χ0) is 17.9. The van der Waals surface area contributed by atoms with E-state index in [-0.39, 0.29) is 17.3 Å². The molecule has 1 aromatic carbocycles. The molecule has 8 heteroatoms. The summed E-state index contributed by atoms with van der Waals surface area (Å²) in [5.74, 6) is -1.28. The molecule has 2 aromatic rings. The standard InChI is InChI=1S/C17H17NO6S/c19-16(11-24-17(20)15-7-4-9-23-15)18(13-5-2-1-3-6-13)14-8-10-25(21,22)12-14/h1-7,9,14H,8,10-12H2/t14-/m1/s1. The van der Waals surface area contributed by atoms with Gasteiger partial charge in [0.1, 0.15) is 0 Å². The van der Waals surface area contributed by atoms with Crippen LogP contribution in [0.5, 0.6) is 0 Å². The predicted molar refractivity (Wildman–Crippen MR) is 90.0 cm³/mol. The first kappa shape index (κ1) is 17.2. The molecule has 0 N–H and O–H groups in total. The lowest BCUT2D eigenvalue weighted by Crippen LogP contribution is -2.43. The summed E-state index contributed by atoms with van der Waals surface area (Å²) in [7, 11) is -3.17. The second-order valence-corrected chi connectivity index (χ2v) is 7.94. The van der Waals surface area contributed by atoms with Crippen molar-refractivity contribution in [3.63, 3.8) is 0 Å². The summed E-state index contributed by atoms with van der Waals surface area (Å²) in [5, 5.41) is 0. The van der Waals surface area contributed by atoms with Gasteiger partial charge in [-0.3, -0.25) is 4.79 Å². The van der Waals surface area contributed by atoms with E-state index >= 15 is 0 Å². The Bertz CT molecular complexity index is 845. The molecule has 132 valence electrons. The fourth-order valence-corrected chi connectivity index (χ4v) is 4.49. The molecule has 0 spiro atoms. The molecule has 0 saturated carbocycles. The van der Waals surface area contributed by atoms with Gasteiger partial charge in [-0.25, -0.2) is 13.2 Å². The summed E-state index contributed by atoms with van der Waals surface area (Å²) < 4.78 is 33.5. The van der Waals surface area contributed by atoms with E-state index in [0.29, 0.717) is 12.1 Å². The molecule has 0 radical (unpaired) electrons. The van der Waals surface area contributed by atoms with Gasteiger partial charge in [0, 0.05) is 5.69 Å². The molecule has 1 fully saturated rings. The van der Waals surface area contributed by atoms with Crippen LogP contribution in [-0.4, -0.2) is 44.4 Å². The van der Waals surface area contributed by atoms with Gasteiger partial charge in [-0.2, -0.15) is 0 Å². The van der Waals surface area contributed by atoms with E-state index in [1.54, 1.807) is 30.3 Å². The Morgan fingerprint density at radius 2 is 1.92 bits per heavy atom. The molecule has 1 aliphatic heterocycles. The van der Waals surface area contributed by atoms with Crippen molar-refractivity contribution in [2.24, 2.45) is 0 Å². The number of sulfone groups is 1. The van der Waals surface area contributed by atoms with Gasteiger partial charge in [-0.15, -0.1) is 0 Å². The highest BCUT2D eigenvalue weighted by molar-refractivity contribution is 7.91. The van der Waals surface area contributed by atoms with Crippen molar-refractivity contribution in [2.45, 2.75) is 12.5 Å². The van der Waals surface area contributed by atoms with Gasteiger partial charge in [0.25, 0.3) is 5.91 Å². The van der Waals surface area contributed by atoms with Crippen LogP contribution in [0.25, 0.3) is 0 Å². The minimum absolute atomic E-state index is 0.00232. The first-order valence-corrected chi connectivity index (χ1v) is 9.56. The summed E-state index contributed by atoms with van der Waals surface area (Å²) in [5.41, 5.74) is 0.573. The quantitative estimate of drug-likeness (QED) is 0.750. The van der Waals surface area contributed by atoms with E-state index in [1.807, 2.05) is 0 Å². The van der Waals surface area contributed by atoms with E-state index in [9.17, 15) is 18.0 Å². The number of ether oxygens (including phenoxy) is 1. The Morgan fingerprint density at radius 1 is 1.16 bits per heavy atom. The Labute approximate surface area is 145 Å². The Morgan fingerprint density at radius 3 is 2.52 bits per heavy atom. The van der Waals surface area contributed by atoms with Crippen LogP contribution in [0.3, 0.4) is 0 Å². The van der Waals surface area contributed by atoms with Crippen LogP contribution in [0, 0.1) is 0 Å². The van der Waals surface area contributed by atoms with E-state index < -0.39 is 34.4 Å². The summed E-state index contributed by atoms with van der Waals surface area (Å²) in [4.78, 5) is 25.9. The number of carbonyl (C=O) groups excluding carboxylic acids is 2. The SMILES string of the molecule is O=C(OCC(=O)N(c1ccccc1)[C@@H]1CCS(=O)(=O)C1)c1ccco1. The number of amides is 1. The molecule has 0 unspecified atom stereocenters. The van der Waals surface area contributed by atoms with Crippen molar-refractivity contribution >= 4 is 27.4 Å². The maximum atomic E-state index is 12.6. The van der Waals surface area contributed by atoms with Gasteiger partial charge < -0.3 is 14.1 Å². The van der Waals surface area contributed by atoms with Crippen molar-refractivity contribution in [1.82, 2.24) is 0 Å². The molecular weight excluding hydrogens is 346 g/mol. The molecule has 1 aromatic heterocycles. The zero-order valence-electron chi connectivity index (χ0n) is 13.3. The largest absolute Gasteiger partial charge is 0.457 e. The van der Waals surface area contributed by atoms with Crippen LogP contribution in [-0.2, 0) is 19.4 Å². The number of furan rings is 1. The molecule has 3 rings (SSSR count). The third-order valence-electron chi connectivity index (χ3n) is 3.93. The molecule has 0 aliphatic carbocycles. The number of nitrogens with zero attached hydrogens (tertiary/aromatic N) is 1. The first-order valence-electron chi connectivity index (χ1n) is 7.74. The van der Waals surface area contributed by atoms with Gasteiger partial charge in [0.05, 0.1) is 23.8 Å². The highest BCUT2D eigenvalue weighted by atomic mass is 32.2. The Hall–Kier alpha value is -2.61. The average molecular weight is 363 g/mol. The van der Waals surface area contributed by atoms with Gasteiger partial charge in [-0.1, -0.05) is 18.2 Å². The number of esters is 1. The second kappa shape index (κ2) is 7.10. The van der Waals surface area contributed by atoms with Crippen LogP contribution in [0.4, 0.5) is 5.69 Å². The molecule has 7 nitrogen and oxygen atoms in total. The molecule has 1 saturated heterocycles. The summed E-state index contributed by atoms with van der Waals surface area (Å²) >= 11 is 0. The number of rotatable bonds is 5. The molecule has 2 heterocycles. The van der Waals surface area contributed by atoms with Crippen LogP contribution in [0.2, 0.25) is 0 Å². The number of hydrogen-bond acceptors (Lipinski definition) is 6. The predicted octanol–water partition coefficient (Wildman–Crippen LogP) is 1.66. The van der Waals surface area contributed by atoms with E-state index in [2.05, 4.69) is 0 Å². The number of carbonyl (C=O) groups is 2. The fourth-order valence-electron chi connectivity index (χ4n) is 2.79. The lowest BCUT2D eigenvalue weighted by atomic mass is 10.2.